The molecule has 0 radical (unpaired) electrons. The molecule has 1 amide bonds. The molecule has 3 aromatic carbocycles. The third-order valence-corrected chi connectivity index (χ3v) is 9.58. The molecule has 0 saturated heterocycles. The van der Waals surface area contributed by atoms with Crippen molar-refractivity contribution in [3.05, 3.63) is 82.3 Å². The van der Waals surface area contributed by atoms with Crippen molar-refractivity contribution in [1.82, 2.24) is 19.2 Å². The van der Waals surface area contributed by atoms with Crippen molar-refractivity contribution in [1.29, 1.82) is 0 Å². The number of rotatable bonds is 16. The lowest BCUT2D eigenvalue weighted by molar-refractivity contribution is -0.103. The predicted octanol–water partition coefficient (Wildman–Crippen LogP) is 8.59. The van der Waals surface area contributed by atoms with E-state index in [1.165, 1.54) is 0 Å². The number of aliphatic hydroxyl groups is 2. The molecule has 5 rings (SSSR count). The summed E-state index contributed by atoms with van der Waals surface area (Å²) in [7, 11) is 3.62. The van der Waals surface area contributed by atoms with E-state index < -0.39 is 11.9 Å². The number of carbonyl (C=O) groups is 1. The van der Waals surface area contributed by atoms with Crippen molar-refractivity contribution in [2.75, 3.05) is 26.8 Å². The first-order valence-corrected chi connectivity index (χ1v) is 18.6. The van der Waals surface area contributed by atoms with Crippen LogP contribution in [0.15, 0.2) is 54.6 Å². The van der Waals surface area contributed by atoms with E-state index in [0.29, 0.717) is 74.8 Å². The summed E-state index contributed by atoms with van der Waals surface area (Å²) >= 11 is 7.11. The summed E-state index contributed by atoms with van der Waals surface area (Å²) in [6.07, 6.45) is 1.79. The molecule has 0 aliphatic rings. The number of amides is 1. The summed E-state index contributed by atoms with van der Waals surface area (Å²) in [5.41, 5.74) is 4.94. The van der Waals surface area contributed by atoms with E-state index in [1.807, 2.05) is 71.1 Å². The molecule has 11 heteroatoms. The number of halogens is 1. The van der Waals surface area contributed by atoms with Crippen molar-refractivity contribution < 1.29 is 29.2 Å². The quantitative estimate of drug-likeness (QED) is 0.0772. The van der Waals surface area contributed by atoms with Crippen LogP contribution in [0.1, 0.15) is 82.8 Å². The number of hydrogen-bond donors (Lipinski definition) is 2. The van der Waals surface area contributed by atoms with Crippen LogP contribution >= 0.6 is 11.6 Å². The van der Waals surface area contributed by atoms with E-state index in [4.69, 9.17) is 25.8 Å². The zero-order chi connectivity index (χ0) is 37.6. The maximum Gasteiger partial charge on any atom is 0.410 e. The minimum absolute atomic E-state index is 0.250. The fourth-order valence-corrected chi connectivity index (χ4v) is 7.24. The molecule has 1 unspecified atom stereocenters. The molecule has 1 atom stereocenters. The normalized spacial score (nSPS) is 12.5. The van der Waals surface area contributed by atoms with Crippen molar-refractivity contribution in [3.8, 4) is 16.9 Å². The van der Waals surface area contributed by atoms with Crippen molar-refractivity contribution in [2.45, 2.75) is 91.8 Å². The average Bonchev–Trinajstić information content (AvgIpc) is 3.60. The highest BCUT2D eigenvalue weighted by Gasteiger charge is 2.29. The van der Waals surface area contributed by atoms with Crippen LogP contribution in [-0.2, 0) is 42.5 Å². The first-order chi connectivity index (χ1) is 24.9. The SMILES string of the molecule is CCOC(O)c1c(CCCOc2cccc3ccccc23)c2ccc(Cl)c(-c3c(CO)nn(C)c3CC)c2n1CCCCN(C)C(=O)OC(C)(C)C. The highest BCUT2D eigenvalue weighted by Crippen LogP contribution is 2.44. The lowest BCUT2D eigenvalue weighted by atomic mass is 9.97. The van der Waals surface area contributed by atoms with Crippen molar-refractivity contribution >= 4 is 39.4 Å². The van der Waals surface area contributed by atoms with Crippen LogP contribution in [0.4, 0.5) is 4.79 Å². The lowest BCUT2D eigenvalue weighted by Gasteiger charge is -2.24. The Hall–Kier alpha value is -4.09. The summed E-state index contributed by atoms with van der Waals surface area (Å²) in [5, 5.41) is 30.4. The van der Waals surface area contributed by atoms with Gasteiger partial charge >= 0.3 is 6.09 Å². The van der Waals surface area contributed by atoms with E-state index in [2.05, 4.69) is 34.8 Å². The molecule has 0 aliphatic heterocycles. The monoisotopic (exact) mass is 732 g/mol. The fraction of sp³-hybridized carbons (Fsp3) is 0.463. The highest BCUT2D eigenvalue weighted by atomic mass is 35.5. The second-order valence-corrected chi connectivity index (χ2v) is 14.5. The van der Waals surface area contributed by atoms with Gasteiger partial charge in [-0.2, -0.15) is 5.10 Å². The van der Waals surface area contributed by atoms with Gasteiger partial charge in [-0.15, -0.1) is 0 Å². The van der Waals surface area contributed by atoms with Gasteiger partial charge in [0, 0.05) is 61.4 Å². The number of carbonyl (C=O) groups excluding carboxylic acids is 1. The Morgan fingerprint density at radius 3 is 2.46 bits per heavy atom. The molecule has 280 valence electrons. The van der Waals surface area contributed by atoms with Crippen LogP contribution < -0.4 is 4.74 Å². The number of aryl methyl sites for hydroxylation is 3. The van der Waals surface area contributed by atoms with E-state index in [9.17, 15) is 15.0 Å². The molecular formula is C41H53ClN4O6. The Morgan fingerprint density at radius 2 is 1.75 bits per heavy atom. The zero-order valence-electron chi connectivity index (χ0n) is 31.5. The Morgan fingerprint density at radius 1 is 1.00 bits per heavy atom. The van der Waals surface area contributed by atoms with Gasteiger partial charge in [0.25, 0.3) is 0 Å². The first-order valence-electron chi connectivity index (χ1n) is 18.2. The highest BCUT2D eigenvalue weighted by molar-refractivity contribution is 6.35. The summed E-state index contributed by atoms with van der Waals surface area (Å²) in [5.74, 6) is 0.834. The summed E-state index contributed by atoms with van der Waals surface area (Å²) < 4.78 is 21.7. The second kappa shape index (κ2) is 17.2. The molecule has 0 aliphatic carbocycles. The van der Waals surface area contributed by atoms with Crippen LogP contribution in [0, 0.1) is 0 Å². The summed E-state index contributed by atoms with van der Waals surface area (Å²) in [4.78, 5) is 14.2. The Balaban J connectivity index is 1.56. The molecular weight excluding hydrogens is 680 g/mol. The minimum atomic E-state index is -1.20. The summed E-state index contributed by atoms with van der Waals surface area (Å²) in [6.45, 7) is 11.0. The third-order valence-electron chi connectivity index (χ3n) is 9.26. The third kappa shape index (κ3) is 8.58. The molecule has 52 heavy (non-hydrogen) atoms. The molecule has 2 aromatic heterocycles. The smallest absolute Gasteiger partial charge is 0.410 e. The standard InChI is InChI=1S/C41H53ClN4O6/c1-8-33-36(32(26-47)43-45(33)7)35-31(42)22-21-30-29(19-15-25-51-34-20-14-17-27-16-10-11-18-28(27)34)38(39(48)50-9-2)46(37(30)35)24-13-12-23-44(6)40(49)52-41(3,4)5/h10-11,14,16-18,20-22,39,47-48H,8-9,12-13,15,19,23-26H2,1-7H3. The molecule has 0 bridgehead atoms. The van der Waals surface area contributed by atoms with E-state index in [0.717, 1.165) is 49.8 Å². The van der Waals surface area contributed by atoms with Crippen LogP contribution in [-0.4, -0.2) is 68.0 Å². The predicted molar refractivity (Wildman–Crippen MR) is 207 cm³/mol. The number of aliphatic hydroxyl groups excluding tert-OH is 2. The summed E-state index contributed by atoms with van der Waals surface area (Å²) in [6, 6.07) is 18.1. The molecule has 0 fully saturated rings. The Labute approximate surface area is 311 Å². The van der Waals surface area contributed by atoms with Gasteiger partial charge in [0.1, 0.15) is 11.4 Å². The van der Waals surface area contributed by atoms with Gasteiger partial charge in [-0.3, -0.25) is 4.68 Å². The van der Waals surface area contributed by atoms with Crippen molar-refractivity contribution in [3.63, 3.8) is 0 Å². The second-order valence-electron chi connectivity index (χ2n) is 14.1. The van der Waals surface area contributed by atoms with Gasteiger partial charge in [0.2, 0.25) is 0 Å². The van der Waals surface area contributed by atoms with E-state index >= 15 is 0 Å². The Bertz CT molecular complexity index is 1990. The Kier molecular flexibility index (Phi) is 12.9. The number of hydrogen-bond acceptors (Lipinski definition) is 7. The van der Waals surface area contributed by atoms with E-state index in [-0.39, 0.29) is 12.7 Å². The minimum Gasteiger partial charge on any atom is -0.493 e. The van der Waals surface area contributed by atoms with Crippen LogP contribution in [0.2, 0.25) is 5.02 Å². The number of nitrogens with zero attached hydrogens (tertiary/aromatic N) is 4. The maximum absolute atomic E-state index is 12.7. The van der Waals surface area contributed by atoms with E-state index in [1.54, 1.807) is 16.6 Å². The molecule has 0 saturated carbocycles. The number of benzene rings is 3. The lowest BCUT2D eigenvalue weighted by Crippen LogP contribution is -2.34. The number of unbranched alkanes of at least 4 members (excludes halogenated alkanes) is 1. The largest absolute Gasteiger partial charge is 0.493 e. The number of ether oxygens (including phenoxy) is 3. The number of aromatic nitrogens is 3. The molecule has 10 nitrogen and oxygen atoms in total. The first kappa shape index (κ1) is 39.1. The van der Waals surface area contributed by atoms with Gasteiger partial charge in [0.15, 0.2) is 6.29 Å². The number of fused-ring (bicyclic) bond motifs is 2. The molecule has 2 heterocycles. The zero-order valence-corrected chi connectivity index (χ0v) is 32.3. The van der Waals surface area contributed by atoms with Gasteiger partial charge in [-0.25, -0.2) is 4.79 Å². The van der Waals surface area contributed by atoms with Crippen LogP contribution in [0.5, 0.6) is 5.75 Å². The van der Waals surface area contributed by atoms with Gasteiger partial charge in [-0.05, 0) is 82.9 Å². The topological polar surface area (TPSA) is 111 Å². The molecule has 0 spiro atoms. The maximum atomic E-state index is 12.7. The van der Waals surface area contributed by atoms with Crippen molar-refractivity contribution in [2.24, 2.45) is 7.05 Å². The fourth-order valence-electron chi connectivity index (χ4n) is 6.99. The van der Waals surface area contributed by atoms with Crippen LogP contribution in [0.25, 0.3) is 32.8 Å². The molecule has 5 aromatic rings. The average molecular weight is 733 g/mol. The molecule has 2 N–H and O–H groups in total. The van der Waals surface area contributed by atoms with Gasteiger partial charge in [-0.1, -0.05) is 61.0 Å². The van der Waals surface area contributed by atoms with Gasteiger partial charge in [0.05, 0.1) is 35.1 Å². The van der Waals surface area contributed by atoms with Crippen LogP contribution in [0.3, 0.4) is 0 Å². The van der Waals surface area contributed by atoms with Gasteiger partial charge < -0.3 is 33.9 Å².